The predicted molar refractivity (Wildman–Crippen MR) is 75.0 cm³/mol. The summed E-state index contributed by atoms with van der Waals surface area (Å²) in [5.41, 5.74) is 0.508. The molecule has 0 saturated heterocycles. The molecule has 106 valence electrons. The van der Waals surface area contributed by atoms with Crippen molar-refractivity contribution in [1.29, 1.82) is 0 Å². The van der Waals surface area contributed by atoms with E-state index in [9.17, 15) is 13.2 Å². The van der Waals surface area contributed by atoms with Crippen LogP contribution >= 0.6 is 27.3 Å². The van der Waals surface area contributed by atoms with Crippen LogP contribution in [0, 0.1) is 0 Å². The van der Waals surface area contributed by atoms with Gasteiger partial charge in [0, 0.05) is 6.20 Å². The highest BCUT2D eigenvalue weighted by Gasteiger charge is 2.22. The Kier molecular flexibility index (Phi) is 4.48. The molecule has 0 saturated carbocycles. The van der Waals surface area contributed by atoms with Crippen molar-refractivity contribution in [2.45, 2.75) is 11.4 Å². The van der Waals surface area contributed by atoms with E-state index >= 15 is 0 Å². The molecule has 0 amide bonds. The van der Waals surface area contributed by atoms with Gasteiger partial charge in [-0.3, -0.25) is 0 Å². The molecule has 7 nitrogen and oxygen atoms in total. The first kappa shape index (κ1) is 15.0. The quantitative estimate of drug-likeness (QED) is 0.816. The van der Waals surface area contributed by atoms with Gasteiger partial charge < -0.3 is 5.11 Å². The molecule has 0 aliphatic carbocycles. The average Bonchev–Trinajstić information content (AvgIpc) is 2.81. The number of aromatic nitrogens is 2. The highest BCUT2D eigenvalue weighted by molar-refractivity contribution is 9.11. The van der Waals surface area contributed by atoms with Gasteiger partial charge in [-0.1, -0.05) is 0 Å². The van der Waals surface area contributed by atoms with Gasteiger partial charge in [-0.25, -0.2) is 27.9 Å². The van der Waals surface area contributed by atoms with E-state index < -0.39 is 16.0 Å². The lowest BCUT2D eigenvalue weighted by atomic mass is 10.4. The maximum absolute atomic E-state index is 12.1. The van der Waals surface area contributed by atoms with Gasteiger partial charge in [0.25, 0.3) is 0 Å². The summed E-state index contributed by atoms with van der Waals surface area (Å²) in [5, 5.41) is 8.85. The molecular weight excluding hydrogens is 370 g/mol. The van der Waals surface area contributed by atoms with Gasteiger partial charge in [-0.2, -0.15) is 0 Å². The van der Waals surface area contributed by atoms with Crippen LogP contribution in [0.15, 0.2) is 33.3 Å². The lowest BCUT2D eigenvalue weighted by Crippen LogP contribution is -2.23. The first-order valence-electron chi connectivity index (χ1n) is 5.17. The van der Waals surface area contributed by atoms with Crippen LogP contribution in [0.1, 0.15) is 15.4 Å². The van der Waals surface area contributed by atoms with Gasteiger partial charge in [-0.05, 0) is 28.1 Å². The van der Waals surface area contributed by atoms with E-state index in [2.05, 4.69) is 30.6 Å². The number of carboxylic acids is 1. The lowest BCUT2D eigenvalue weighted by molar-refractivity contribution is 0.0702. The molecule has 0 unspecified atom stereocenters. The molecule has 2 aromatic heterocycles. The van der Waals surface area contributed by atoms with Crippen molar-refractivity contribution in [2.75, 3.05) is 0 Å². The number of halogens is 1. The van der Waals surface area contributed by atoms with Crippen molar-refractivity contribution < 1.29 is 18.3 Å². The fourth-order valence-electron chi connectivity index (χ4n) is 1.31. The Hall–Kier alpha value is -1.36. The Morgan fingerprint density at radius 2 is 2.25 bits per heavy atom. The van der Waals surface area contributed by atoms with Crippen LogP contribution in [-0.2, 0) is 16.6 Å². The monoisotopic (exact) mass is 377 g/mol. The summed E-state index contributed by atoms with van der Waals surface area (Å²) in [4.78, 5) is 18.3. The van der Waals surface area contributed by atoms with Gasteiger partial charge >= 0.3 is 5.97 Å². The van der Waals surface area contributed by atoms with Crippen LogP contribution in [0.25, 0.3) is 0 Å². The summed E-state index contributed by atoms with van der Waals surface area (Å²) in [5.74, 6) is -1.17. The largest absolute Gasteiger partial charge is 0.477 e. The lowest BCUT2D eigenvalue weighted by Gasteiger charge is -2.04. The Morgan fingerprint density at radius 1 is 1.50 bits per heavy atom. The zero-order valence-electron chi connectivity index (χ0n) is 9.78. The zero-order valence-corrected chi connectivity index (χ0v) is 13.0. The molecule has 0 bridgehead atoms. The molecule has 2 rings (SSSR count). The summed E-state index contributed by atoms with van der Waals surface area (Å²) in [6.07, 6.45) is 2.81. The second-order valence-corrected chi connectivity index (χ2v) is 7.68. The van der Waals surface area contributed by atoms with Crippen LogP contribution in [0.4, 0.5) is 0 Å². The van der Waals surface area contributed by atoms with E-state index in [0.29, 0.717) is 5.69 Å². The highest BCUT2D eigenvalue weighted by Crippen LogP contribution is 2.31. The molecule has 0 aliphatic heterocycles. The van der Waals surface area contributed by atoms with Gasteiger partial charge in [0.2, 0.25) is 10.0 Å². The van der Waals surface area contributed by atoms with E-state index in [1.54, 1.807) is 6.07 Å². The van der Waals surface area contributed by atoms with Crippen LogP contribution in [0.2, 0.25) is 0 Å². The second kappa shape index (κ2) is 5.95. The molecule has 0 aromatic carbocycles. The van der Waals surface area contributed by atoms with Gasteiger partial charge in [0.05, 0.1) is 16.0 Å². The summed E-state index contributed by atoms with van der Waals surface area (Å²) in [6.45, 7) is -0.00442. The normalized spacial score (nSPS) is 11.4. The van der Waals surface area contributed by atoms with E-state index in [0.717, 1.165) is 17.4 Å². The smallest absolute Gasteiger partial charge is 0.345 e. The summed E-state index contributed by atoms with van der Waals surface area (Å²) < 4.78 is 26.8. The molecule has 10 heteroatoms. The number of hydrogen-bond donors (Lipinski definition) is 2. The van der Waals surface area contributed by atoms with Crippen molar-refractivity contribution >= 4 is 43.3 Å². The molecule has 0 fully saturated rings. The minimum atomic E-state index is -3.81. The topological polar surface area (TPSA) is 109 Å². The van der Waals surface area contributed by atoms with E-state index in [-0.39, 0.29) is 20.1 Å². The number of hydrogen-bond acceptors (Lipinski definition) is 6. The zero-order chi connectivity index (χ0) is 14.8. The van der Waals surface area contributed by atoms with Crippen LogP contribution in [-0.4, -0.2) is 29.5 Å². The van der Waals surface area contributed by atoms with Crippen molar-refractivity contribution in [1.82, 2.24) is 14.7 Å². The van der Waals surface area contributed by atoms with E-state index in [4.69, 9.17) is 5.11 Å². The van der Waals surface area contributed by atoms with Crippen molar-refractivity contribution in [3.8, 4) is 0 Å². The SMILES string of the molecule is O=C(O)c1cc(S(=O)(=O)NCc2ccncn2)c(Br)s1. The Bertz CT molecular complexity index is 730. The third kappa shape index (κ3) is 3.39. The van der Waals surface area contributed by atoms with E-state index in [1.165, 1.54) is 12.5 Å². The summed E-state index contributed by atoms with van der Waals surface area (Å²) in [6, 6.07) is 2.69. The number of nitrogens with zero attached hydrogens (tertiary/aromatic N) is 2. The molecule has 0 radical (unpaired) electrons. The van der Waals surface area contributed by atoms with Gasteiger partial charge in [-0.15, -0.1) is 11.3 Å². The third-order valence-electron chi connectivity index (χ3n) is 2.24. The van der Waals surface area contributed by atoms with Crippen LogP contribution in [0.3, 0.4) is 0 Å². The number of thiophene rings is 1. The maximum atomic E-state index is 12.1. The van der Waals surface area contributed by atoms with Crippen molar-refractivity contribution in [3.05, 3.63) is 39.0 Å². The van der Waals surface area contributed by atoms with Crippen LogP contribution < -0.4 is 4.72 Å². The highest BCUT2D eigenvalue weighted by atomic mass is 79.9. The first-order chi connectivity index (χ1) is 9.40. The van der Waals surface area contributed by atoms with E-state index in [1.807, 2.05) is 0 Å². The summed E-state index contributed by atoms with van der Waals surface area (Å²) in [7, 11) is -3.81. The fraction of sp³-hybridized carbons (Fsp3) is 0.100. The number of rotatable bonds is 5. The first-order valence-corrected chi connectivity index (χ1v) is 8.26. The summed E-state index contributed by atoms with van der Waals surface area (Å²) >= 11 is 3.90. The fourth-order valence-corrected chi connectivity index (χ4v) is 4.71. The molecule has 0 spiro atoms. The number of carboxylic acid groups (broad SMARTS) is 1. The van der Waals surface area contributed by atoms with Crippen LogP contribution in [0.5, 0.6) is 0 Å². The Labute approximate surface area is 126 Å². The molecule has 20 heavy (non-hydrogen) atoms. The van der Waals surface area contributed by atoms with Gasteiger partial charge in [0.15, 0.2) is 0 Å². The van der Waals surface area contributed by atoms with Gasteiger partial charge in [0.1, 0.15) is 16.1 Å². The molecule has 0 atom stereocenters. The maximum Gasteiger partial charge on any atom is 0.345 e. The minimum absolute atomic E-state index is 0.00442. The Morgan fingerprint density at radius 3 is 2.80 bits per heavy atom. The molecule has 0 aliphatic rings. The molecule has 2 aromatic rings. The number of sulfonamides is 1. The number of carbonyl (C=O) groups is 1. The number of nitrogens with one attached hydrogen (secondary N) is 1. The van der Waals surface area contributed by atoms with Crippen molar-refractivity contribution in [3.63, 3.8) is 0 Å². The number of aromatic carboxylic acids is 1. The standard InChI is InChI=1S/C10H8BrN3O4S2/c11-9-8(3-7(19-9)10(15)16)20(17,18)14-4-6-1-2-12-5-13-6/h1-3,5,14H,4H2,(H,15,16). The second-order valence-electron chi connectivity index (χ2n) is 3.58. The Balaban J connectivity index is 2.20. The average molecular weight is 378 g/mol. The third-order valence-corrected chi connectivity index (χ3v) is 5.88. The molecular formula is C10H8BrN3O4S2. The van der Waals surface area contributed by atoms with Crippen molar-refractivity contribution in [2.24, 2.45) is 0 Å². The molecule has 2 N–H and O–H groups in total. The molecule has 2 heterocycles. The minimum Gasteiger partial charge on any atom is -0.477 e. The predicted octanol–water partition coefficient (Wildman–Crippen LogP) is 1.48.